The van der Waals surface area contributed by atoms with E-state index in [0.717, 1.165) is 4.47 Å². The first-order chi connectivity index (χ1) is 11.5. The highest BCUT2D eigenvalue weighted by atomic mass is 79.9. The van der Waals surface area contributed by atoms with Crippen LogP contribution in [0.15, 0.2) is 47.5 Å². The molecular formula is C15H15BrN6O2. The van der Waals surface area contributed by atoms with Crippen LogP contribution in [0.2, 0.25) is 0 Å². The summed E-state index contributed by atoms with van der Waals surface area (Å²) in [5.41, 5.74) is 5.59. The number of hydrazine groups is 1. The number of nitrogens with zero attached hydrogens (tertiary/aromatic N) is 4. The zero-order chi connectivity index (χ0) is 17.3. The predicted molar refractivity (Wildman–Crippen MR) is 90.6 cm³/mol. The summed E-state index contributed by atoms with van der Waals surface area (Å²) in [5.74, 6) is -0.260. The Morgan fingerprint density at radius 3 is 2.42 bits per heavy atom. The van der Waals surface area contributed by atoms with Crippen LogP contribution in [0.25, 0.3) is 5.82 Å². The van der Waals surface area contributed by atoms with E-state index in [2.05, 4.69) is 31.9 Å². The summed E-state index contributed by atoms with van der Waals surface area (Å²) >= 11 is 3.30. The van der Waals surface area contributed by atoms with Gasteiger partial charge in [0.2, 0.25) is 0 Å². The molecule has 3 aromatic rings. The van der Waals surface area contributed by atoms with Gasteiger partial charge in [0.05, 0.1) is 6.20 Å². The van der Waals surface area contributed by atoms with E-state index in [1.54, 1.807) is 40.2 Å². The van der Waals surface area contributed by atoms with Gasteiger partial charge in [0, 0.05) is 37.2 Å². The first kappa shape index (κ1) is 16.1. The molecule has 124 valence electrons. The molecule has 3 rings (SSSR count). The second kappa shape index (κ2) is 6.36. The molecule has 3 aromatic heterocycles. The van der Waals surface area contributed by atoms with E-state index in [9.17, 15) is 9.59 Å². The minimum Gasteiger partial charge on any atom is -0.345 e. The minimum absolute atomic E-state index is 0.349. The monoisotopic (exact) mass is 390 g/mol. The number of aryl methyl sites for hydroxylation is 2. The van der Waals surface area contributed by atoms with Crippen molar-refractivity contribution in [2.75, 3.05) is 0 Å². The SMILES string of the molecule is Cn1cc(Br)cc1C(=O)NNC(=O)c1cnn(C)c1-n1cccc1. The molecule has 9 heteroatoms. The molecule has 0 saturated carbocycles. The van der Waals surface area contributed by atoms with E-state index >= 15 is 0 Å². The highest BCUT2D eigenvalue weighted by Crippen LogP contribution is 2.14. The van der Waals surface area contributed by atoms with Crippen molar-refractivity contribution in [1.29, 1.82) is 0 Å². The summed E-state index contributed by atoms with van der Waals surface area (Å²) < 4.78 is 5.80. The van der Waals surface area contributed by atoms with Crippen molar-refractivity contribution < 1.29 is 9.59 Å². The van der Waals surface area contributed by atoms with Gasteiger partial charge in [-0.2, -0.15) is 5.10 Å². The molecule has 0 radical (unpaired) electrons. The highest BCUT2D eigenvalue weighted by molar-refractivity contribution is 9.10. The number of nitrogens with one attached hydrogen (secondary N) is 2. The molecule has 0 spiro atoms. The molecule has 2 N–H and O–H groups in total. The Labute approximate surface area is 146 Å². The van der Waals surface area contributed by atoms with Crippen molar-refractivity contribution in [1.82, 2.24) is 29.8 Å². The van der Waals surface area contributed by atoms with Crippen molar-refractivity contribution >= 4 is 27.7 Å². The predicted octanol–water partition coefficient (Wildman–Crippen LogP) is 1.39. The normalized spacial score (nSPS) is 10.6. The summed E-state index contributed by atoms with van der Waals surface area (Å²) in [6, 6.07) is 5.37. The second-order valence-corrected chi connectivity index (χ2v) is 6.07. The maximum Gasteiger partial charge on any atom is 0.286 e. The highest BCUT2D eigenvalue weighted by Gasteiger charge is 2.18. The minimum atomic E-state index is -0.451. The average Bonchev–Trinajstić information content (AvgIpc) is 3.24. The molecule has 24 heavy (non-hydrogen) atoms. The fourth-order valence-electron chi connectivity index (χ4n) is 2.37. The summed E-state index contributed by atoms with van der Waals surface area (Å²) in [6.45, 7) is 0. The Kier molecular flexibility index (Phi) is 4.26. The summed E-state index contributed by atoms with van der Waals surface area (Å²) in [6.07, 6.45) is 6.83. The molecule has 0 unspecified atom stereocenters. The molecule has 0 aromatic carbocycles. The number of amides is 2. The Balaban J connectivity index is 1.75. The Morgan fingerprint density at radius 1 is 1.12 bits per heavy atom. The molecule has 0 bridgehead atoms. The van der Waals surface area contributed by atoms with E-state index in [-0.39, 0.29) is 0 Å². The van der Waals surface area contributed by atoms with Gasteiger partial charge in [0.15, 0.2) is 0 Å². The molecule has 0 aliphatic heterocycles. The van der Waals surface area contributed by atoms with Crippen LogP contribution in [0.5, 0.6) is 0 Å². The molecule has 0 aliphatic carbocycles. The third-order valence-corrected chi connectivity index (χ3v) is 3.93. The Morgan fingerprint density at radius 2 is 1.79 bits per heavy atom. The molecular weight excluding hydrogens is 376 g/mol. The third-order valence-electron chi connectivity index (χ3n) is 3.49. The largest absolute Gasteiger partial charge is 0.345 e. The molecule has 0 atom stereocenters. The number of halogens is 1. The van der Waals surface area contributed by atoms with E-state index in [0.29, 0.717) is 17.1 Å². The summed E-state index contributed by atoms with van der Waals surface area (Å²) in [4.78, 5) is 24.5. The molecule has 0 saturated heterocycles. The lowest BCUT2D eigenvalue weighted by Crippen LogP contribution is -2.42. The molecule has 8 nitrogen and oxygen atoms in total. The standard InChI is InChI=1S/C15H15BrN6O2/c1-20-9-10(16)7-12(20)14(24)19-18-13(23)11-8-17-21(2)15(11)22-5-3-4-6-22/h3-9H,1-2H3,(H,18,23)(H,19,24). The Bertz CT molecular complexity index is 893. The van der Waals surface area contributed by atoms with Crippen molar-refractivity contribution in [2.45, 2.75) is 0 Å². The van der Waals surface area contributed by atoms with Gasteiger partial charge in [-0.1, -0.05) is 0 Å². The van der Waals surface area contributed by atoms with Crippen molar-refractivity contribution in [2.24, 2.45) is 14.1 Å². The van der Waals surface area contributed by atoms with Gasteiger partial charge < -0.3 is 9.13 Å². The van der Waals surface area contributed by atoms with E-state index in [1.165, 1.54) is 6.20 Å². The average molecular weight is 391 g/mol. The summed E-state index contributed by atoms with van der Waals surface area (Å²) in [7, 11) is 3.49. The zero-order valence-electron chi connectivity index (χ0n) is 13.0. The molecule has 0 fully saturated rings. The molecule has 3 heterocycles. The van der Waals surface area contributed by atoms with Crippen LogP contribution >= 0.6 is 15.9 Å². The van der Waals surface area contributed by atoms with Gasteiger partial charge in [0.25, 0.3) is 11.8 Å². The summed E-state index contributed by atoms with van der Waals surface area (Å²) in [5, 5.41) is 4.11. The van der Waals surface area contributed by atoms with Gasteiger partial charge in [-0.3, -0.25) is 25.1 Å². The van der Waals surface area contributed by atoms with E-state index in [4.69, 9.17) is 0 Å². The van der Waals surface area contributed by atoms with Crippen molar-refractivity contribution in [3.05, 3.63) is 58.7 Å². The van der Waals surface area contributed by atoms with Gasteiger partial charge >= 0.3 is 0 Å². The lowest BCUT2D eigenvalue weighted by atomic mass is 10.3. The number of hydrogen-bond acceptors (Lipinski definition) is 3. The fourth-order valence-corrected chi connectivity index (χ4v) is 2.89. The Hall–Kier alpha value is -2.81. The van der Waals surface area contributed by atoms with Crippen molar-refractivity contribution in [3.8, 4) is 5.82 Å². The molecule has 0 aliphatic rings. The smallest absolute Gasteiger partial charge is 0.286 e. The van der Waals surface area contributed by atoms with Gasteiger partial charge in [-0.25, -0.2) is 0 Å². The van der Waals surface area contributed by atoms with Crippen LogP contribution in [-0.4, -0.2) is 30.7 Å². The van der Waals surface area contributed by atoms with Crippen LogP contribution in [0.4, 0.5) is 0 Å². The van der Waals surface area contributed by atoms with Crippen molar-refractivity contribution in [3.63, 3.8) is 0 Å². The van der Waals surface area contributed by atoms with Gasteiger partial charge in [-0.05, 0) is 34.1 Å². The van der Waals surface area contributed by atoms with E-state index < -0.39 is 11.8 Å². The lowest BCUT2D eigenvalue weighted by Gasteiger charge is -2.09. The number of rotatable bonds is 3. The maximum absolute atomic E-state index is 12.4. The van der Waals surface area contributed by atoms with Crippen LogP contribution in [0, 0.1) is 0 Å². The van der Waals surface area contributed by atoms with Crippen LogP contribution in [0.1, 0.15) is 20.8 Å². The maximum atomic E-state index is 12.4. The first-order valence-electron chi connectivity index (χ1n) is 7.05. The van der Waals surface area contributed by atoms with Gasteiger partial charge in [0.1, 0.15) is 17.1 Å². The quantitative estimate of drug-likeness (QED) is 0.662. The zero-order valence-corrected chi connectivity index (χ0v) is 14.6. The van der Waals surface area contributed by atoms with Gasteiger partial charge in [-0.15, -0.1) is 0 Å². The number of hydrogen-bond donors (Lipinski definition) is 2. The molecule has 2 amide bonds. The van der Waals surface area contributed by atoms with E-state index in [1.807, 2.05) is 24.5 Å². The van der Waals surface area contributed by atoms with Crippen LogP contribution in [-0.2, 0) is 14.1 Å². The fraction of sp³-hybridized carbons (Fsp3) is 0.133. The lowest BCUT2D eigenvalue weighted by molar-refractivity contribution is 0.0842. The van der Waals surface area contributed by atoms with Crippen LogP contribution in [0.3, 0.4) is 0 Å². The number of carbonyl (C=O) groups excluding carboxylic acids is 2. The topological polar surface area (TPSA) is 85.9 Å². The third kappa shape index (κ3) is 2.98. The second-order valence-electron chi connectivity index (χ2n) is 5.16. The number of aromatic nitrogens is 4. The number of carbonyl (C=O) groups is 2. The van der Waals surface area contributed by atoms with Crippen LogP contribution < -0.4 is 10.9 Å². The first-order valence-corrected chi connectivity index (χ1v) is 7.84.